The fraction of sp³-hybridized carbons (Fsp3) is 0.0833. The van der Waals surface area contributed by atoms with Crippen LogP contribution in [0.25, 0.3) is 0 Å². The highest BCUT2D eigenvalue weighted by Gasteiger charge is 2.18. The third-order valence-corrected chi connectivity index (χ3v) is 4.75. The molecule has 94 valence electrons. The number of carbonyl (C=O) groups is 1. The van der Waals surface area contributed by atoms with E-state index in [1.54, 1.807) is 31.4 Å². The Balaban J connectivity index is 2.48. The van der Waals surface area contributed by atoms with Gasteiger partial charge < -0.3 is 10.5 Å². The first-order valence-corrected chi connectivity index (χ1v) is 7.36. The van der Waals surface area contributed by atoms with E-state index < -0.39 is 0 Å². The van der Waals surface area contributed by atoms with Gasteiger partial charge in [-0.15, -0.1) is 11.3 Å². The zero-order valence-corrected chi connectivity index (χ0v) is 13.4. The van der Waals surface area contributed by atoms with Gasteiger partial charge in [0.1, 0.15) is 5.75 Å². The highest BCUT2D eigenvalue weighted by Crippen LogP contribution is 2.34. The first kappa shape index (κ1) is 13.6. The van der Waals surface area contributed by atoms with Gasteiger partial charge in [-0.2, -0.15) is 0 Å². The molecule has 2 rings (SSSR count). The van der Waals surface area contributed by atoms with Gasteiger partial charge in [-0.1, -0.05) is 0 Å². The summed E-state index contributed by atoms with van der Waals surface area (Å²) in [5.41, 5.74) is 7.31. The topological polar surface area (TPSA) is 52.3 Å². The molecule has 1 aromatic heterocycles. The second kappa shape index (κ2) is 5.42. The lowest BCUT2D eigenvalue weighted by Gasteiger charge is -2.06. The monoisotopic (exact) mass is 389 g/mol. The predicted octanol–water partition coefficient (Wildman–Crippen LogP) is 4.09. The summed E-state index contributed by atoms with van der Waals surface area (Å²) in [6.45, 7) is 0. The van der Waals surface area contributed by atoms with Gasteiger partial charge in [-0.05, 0) is 56.1 Å². The van der Waals surface area contributed by atoms with Crippen LogP contribution in [0.15, 0.2) is 31.8 Å². The molecule has 0 unspecified atom stereocenters. The van der Waals surface area contributed by atoms with Crippen molar-refractivity contribution < 1.29 is 9.53 Å². The summed E-state index contributed by atoms with van der Waals surface area (Å²) >= 11 is 8.17. The normalized spacial score (nSPS) is 10.4. The maximum atomic E-state index is 12.4. The minimum atomic E-state index is -0.125. The molecule has 0 bridgehead atoms. The molecule has 6 heteroatoms. The summed E-state index contributed by atoms with van der Waals surface area (Å²) in [6, 6.07) is 6.82. The van der Waals surface area contributed by atoms with E-state index in [4.69, 9.17) is 10.5 Å². The smallest absolute Gasteiger partial charge is 0.197 e. The van der Waals surface area contributed by atoms with Gasteiger partial charge >= 0.3 is 0 Å². The van der Waals surface area contributed by atoms with Crippen LogP contribution in [0.2, 0.25) is 0 Å². The van der Waals surface area contributed by atoms with Gasteiger partial charge in [-0.25, -0.2) is 0 Å². The van der Waals surface area contributed by atoms with E-state index in [0.717, 1.165) is 7.57 Å². The van der Waals surface area contributed by atoms with E-state index in [1.165, 1.54) is 11.3 Å². The number of anilines is 1. The van der Waals surface area contributed by atoms with E-state index in [2.05, 4.69) is 31.9 Å². The molecule has 1 aromatic carbocycles. The number of nitrogens with two attached hydrogens (primary N) is 1. The molecule has 3 nitrogen and oxygen atoms in total. The number of thiophene rings is 1. The Morgan fingerprint density at radius 1 is 1.28 bits per heavy atom. The van der Waals surface area contributed by atoms with E-state index >= 15 is 0 Å². The number of hydrogen-bond acceptors (Lipinski definition) is 4. The quantitative estimate of drug-likeness (QED) is 0.634. The van der Waals surface area contributed by atoms with Gasteiger partial charge in [0, 0.05) is 16.8 Å². The average Bonchev–Trinajstić information content (AvgIpc) is 2.68. The van der Waals surface area contributed by atoms with Crippen LogP contribution in [0.1, 0.15) is 15.9 Å². The fourth-order valence-electron chi connectivity index (χ4n) is 1.50. The molecule has 0 aliphatic rings. The summed E-state index contributed by atoms with van der Waals surface area (Å²) in [7, 11) is 1.55. The maximum Gasteiger partial charge on any atom is 0.197 e. The number of methoxy groups -OCH3 is 1. The number of rotatable bonds is 3. The molecule has 0 radical (unpaired) electrons. The van der Waals surface area contributed by atoms with E-state index in [1.807, 2.05) is 0 Å². The van der Waals surface area contributed by atoms with Crippen molar-refractivity contribution >= 4 is 54.7 Å². The van der Waals surface area contributed by atoms with E-state index in [0.29, 0.717) is 22.6 Å². The zero-order chi connectivity index (χ0) is 13.3. The lowest BCUT2D eigenvalue weighted by molar-refractivity contribution is 0.103. The van der Waals surface area contributed by atoms with Gasteiger partial charge in [0.15, 0.2) is 5.78 Å². The second-order valence-corrected chi connectivity index (χ2v) is 7.27. The molecule has 1 heterocycles. The standard InChI is InChI=1S/C12H9Br2NO2S/c1-17-6-2-3-9(15)7(4-6)11(16)8-5-10(13)18-12(8)14/h2-5H,15H2,1H3. The van der Waals surface area contributed by atoms with Gasteiger partial charge in [-0.3, -0.25) is 4.79 Å². The van der Waals surface area contributed by atoms with Crippen molar-refractivity contribution in [3.8, 4) is 5.75 Å². The summed E-state index contributed by atoms with van der Waals surface area (Å²) in [4.78, 5) is 12.4. The van der Waals surface area contributed by atoms with Crippen molar-refractivity contribution in [2.45, 2.75) is 0 Å². The molecule has 0 atom stereocenters. The fourth-order valence-corrected chi connectivity index (χ4v) is 4.29. The molecule has 2 aromatic rings. The molecule has 0 saturated carbocycles. The Morgan fingerprint density at radius 2 is 2.00 bits per heavy atom. The van der Waals surface area contributed by atoms with Crippen LogP contribution in [0.3, 0.4) is 0 Å². The summed E-state index contributed by atoms with van der Waals surface area (Å²) < 4.78 is 6.77. The van der Waals surface area contributed by atoms with E-state index in [9.17, 15) is 4.79 Å². The van der Waals surface area contributed by atoms with Crippen LogP contribution < -0.4 is 10.5 Å². The SMILES string of the molecule is COc1ccc(N)c(C(=O)c2cc(Br)sc2Br)c1. The Bertz CT molecular complexity index is 610. The van der Waals surface area contributed by atoms with Gasteiger partial charge in [0.05, 0.1) is 14.7 Å². The van der Waals surface area contributed by atoms with Crippen molar-refractivity contribution in [2.75, 3.05) is 12.8 Å². The average molecular weight is 391 g/mol. The Morgan fingerprint density at radius 3 is 2.56 bits per heavy atom. The van der Waals surface area contributed by atoms with Crippen molar-refractivity contribution in [2.24, 2.45) is 0 Å². The molecule has 0 aliphatic carbocycles. The minimum absolute atomic E-state index is 0.125. The molecule has 0 fully saturated rings. The lowest BCUT2D eigenvalue weighted by Crippen LogP contribution is -2.05. The zero-order valence-electron chi connectivity index (χ0n) is 9.37. The predicted molar refractivity (Wildman–Crippen MR) is 80.6 cm³/mol. The van der Waals surface area contributed by atoms with E-state index in [-0.39, 0.29) is 5.78 Å². The number of ether oxygens (including phenoxy) is 1. The van der Waals surface area contributed by atoms with Crippen molar-refractivity contribution in [1.29, 1.82) is 0 Å². The number of ketones is 1. The van der Waals surface area contributed by atoms with Crippen molar-refractivity contribution in [3.63, 3.8) is 0 Å². The number of nitrogen functional groups attached to an aromatic ring is 1. The Hall–Kier alpha value is -0.850. The van der Waals surface area contributed by atoms with Crippen molar-refractivity contribution in [1.82, 2.24) is 0 Å². The molecule has 0 saturated heterocycles. The number of halogens is 2. The minimum Gasteiger partial charge on any atom is -0.497 e. The number of benzene rings is 1. The van der Waals surface area contributed by atoms with Crippen LogP contribution in [0.4, 0.5) is 5.69 Å². The molecular weight excluding hydrogens is 382 g/mol. The summed E-state index contributed by atoms with van der Waals surface area (Å²) in [6.07, 6.45) is 0. The molecule has 0 aliphatic heterocycles. The maximum absolute atomic E-state index is 12.4. The third-order valence-electron chi connectivity index (χ3n) is 2.41. The van der Waals surface area contributed by atoms with Crippen LogP contribution in [-0.4, -0.2) is 12.9 Å². The first-order chi connectivity index (χ1) is 8.52. The molecule has 0 spiro atoms. The van der Waals surface area contributed by atoms with Crippen LogP contribution in [0.5, 0.6) is 5.75 Å². The number of carbonyl (C=O) groups excluding carboxylic acids is 1. The van der Waals surface area contributed by atoms with Crippen LogP contribution in [0, 0.1) is 0 Å². The van der Waals surface area contributed by atoms with Gasteiger partial charge in [0.2, 0.25) is 0 Å². The van der Waals surface area contributed by atoms with Crippen LogP contribution in [-0.2, 0) is 0 Å². The summed E-state index contributed by atoms with van der Waals surface area (Å²) in [5, 5.41) is 0. The largest absolute Gasteiger partial charge is 0.497 e. The molecule has 18 heavy (non-hydrogen) atoms. The molecule has 0 amide bonds. The second-order valence-electron chi connectivity index (χ2n) is 3.52. The summed E-state index contributed by atoms with van der Waals surface area (Å²) in [5.74, 6) is 0.484. The van der Waals surface area contributed by atoms with Crippen LogP contribution >= 0.6 is 43.2 Å². The van der Waals surface area contributed by atoms with Gasteiger partial charge in [0.25, 0.3) is 0 Å². The Kier molecular flexibility index (Phi) is 4.09. The molecular formula is C12H9Br2NO2S. The third kappa shape index (κ3) is 2.60. The molecule has 2 N–H and O–H groups in total. The first-order valence-electron chi connectivity index (χ1n) is 4.96. The highest BCUT2D eigenvalue weighted by molar-refractivity contribution is 9.12. The lowest BCUT2D eigenvalue weighted by atomic mass is 10.0. The number of hydrogen-bond donors (Lipinski definition) is 1. The Labute approximate surface area is 125 Å². The highest BCUT2D eigenvalue weighted by atomic mass is 79.9. The van der Waals surface area contributed by atoms with Crippen molar-refractivity contribution in [3.05, 3.63) is 43.0 Å².